The van der Waals surface area contributed by atoms with Gasteiger partial charge >= 0.3 is 0 Å². The van der Waals surface area contributed by atoms with E-state index in [-0.39, 0.29) is 6.04 Å². The Kier molecular flexibility index (Phi) is 4.52. The maximum atomic E-state index is 11.2. The minimum absolute atomic E-state index is 0.311. The van der Waals surface area contributed by atoms with Gasteiger partial charge in [-0.25, -0.2) is 0 Å². The number of benzene rings is 1. The number of nitrogens with zero attached hydrogens (tertiary/aromatic N) is 1. The SMILES string of the molecule is COc1ccc(C(C=O)N(C)C)c(OC)c1C. The van der Waals surface area contributed by atoms with E-state index < -0.39 is 0 Å². The lowest BCUT2D eigenvalue weighted by Crippen LogP contribution is -2.21. The zero-order chi connectivity index (χ0) is 13.0. The van der Waals surface area contributed by atoms with Gasteiger partial charge < -0.3 is 14.3 Å². The van der Waals surface area contributed by atoms with Gasteiger partial charge in [0, 0.05) is 11.1 Å². The van der Waals surface area contributed by atoms with Crippen molar-refractivity contribution in [3.05, 3.63) is 23.3 Å². The minimum Gasteiger partial charge on any atom is -0.496 e. The van der Waals surface area contributed by atoms with Crippen LogP contribution >= 0.6 is 0 Å². The number of ether oxygens (including phenoxy) is 2. The zero-order valence-corrected chi connectivity index (χ0v) is 11.0. The second-order valence-electron chi connectivity index (χ2n) is 4.06. The molecule has 0 fully saturated rings. The topological polar surface area (TPSA) is 38.8 Å². The van der Waals surface area contributed by atoms with E-state index in [0.29, 0.717) is 5.75 Å². The largest absolute Gasteiger partial charge is 0.496 e. The van der Waals surface area contributed by atoms with Crippen LogP contribution in [0.2, 0.25) is 0 Å². The molecule has 1 unspecified atom stereocenters. The Morgan fingerprint density at radius 2 is 1.88 bits per heavy atom. The predicted molar refractivity (Wildman–Crippen MR) is 66.8 cm³/mol. The highest BCUT2D eigenvalue weighted by Crippen LogP contribution is 2.35. The highest BCUT2D eigenvalue weighted by Gasteiger charge is 2.20. The predicted octanol–water partition coefficient (Wildman–Crippen LogP) is 1.81. The van der Waals surface area contributed by atoms with E-state index in [0.717, 1.165) is 23.2 Å². The van der Waals surface area contributed by atoms with E-state index >= 15 is 0 Å². The van der Waals surface area contributed by atoms with Gasteiger partial charge in [-0.3, -0.25) is 4.90 Å². The lowest BCUT2D eigenvalue weighted by Gasteiger charge is -2.22. The first-order valence-electron chi connectivity index (χ1n) is 5.40. The molecule has 0 aliphatic rings. The molecule has 0 aliphatic heterocycles. The molecule has 0 bridgehead atoms. The van der Waals surface area contributed by atoms with Crippen LogP contribution in [0.1, 0.15) is 17.2 Å². The first-order chi connectivity index (χ1) is 8.06. The number of hydrogen-bond donors (Lipinski definition) is 0. The summed E-state index contributed by atoms with van der Waals surface area (Å²) in [5, 5.41) is 0. The molecule has 0 saturated heterocycles. The molecule has 0 N–H and O–H groups in total. The molecule has 4 heteroatoms. The molecule has 0 heterocycles. The van der Waals surface area contributed by atoms with Crippen molar-refractivity contribution in [1.29, 1.82) is 0 Å². The minimum atomic E-state index is -0.311. The molecular formula is C13H19NO3. The lowest BCUT2D eigenvalue weighted by atomic mass is 10.0. The molecule has 0 radical (unpaired) electrons. The molecule has 1 aromatic rings. The molecule has 17 heavy (non-hydrogen) atoms. The van der Waals surface area contributed by atoms with E-state index in [1.165, 1.54) is 0 Å². The van der Waals surface area contributed by atoms with Gasteiger partial charge in [-0.1, -0.05) is 0 Å². The maximum absolute atomic E-state index is 11.2. The highest BCUT2D eigenvalue weighted by atomic mass is 16.5. The summed E-state index contributed by atoms with van der Waals surface area (Å²) >= 11 is 0. The molecule has 0 spiro atoms. The number of rotatable bonds is 5. The molecule has 0 amide bonds. The van der Waals surface area contributed by atoms with Gasteiger partial charge in [-0.15, -0.1) is 0 Å². The fourth-order valence-electron chi connectivity index (χ4n) is 1.89. The van der Waals surface area contributed by atoms with Crippen molar-refractivity contribution in [3.63, 3.8) is 0 Å². The van der Waals surface area contributed by atoms with E-state index in [9.17, 15) is 4.79 Å². The van der Waals surface area contributed by atoms with Gasteiger partial charge in [-0.05, 0) is 33.2 Å². The summed E-state index contributed by atoms with van der Waals surface area (Å²) in [6.45, 7) is 1.92. The molecule has 0 saturated carbocycles. The van der Waals surface area contributed by atoms with Crippen LogP contribution in [-0.4, -0.2) is 39.5 Å². The van der Waals surface area contributed by atoms with E-state index in [4.69, 9.17) is 9.47 Å². The van der Waals surface area contributed by atoms with Crippen LogP contribution in [0.4, 0.5) is 0 Å². The number of methoxy groups -OCH3 is 2. The van der Waals surface area contributed by atoms with Gasteiger partial charge in [0.05, 0.1) is 20.3 Å². The first-order valence-corrected chi connectivity index (χ1v) is 5.40. The average molecular weight is 237 g/mol. The Bertz CT molecular complexity index is 402. The lowest BCUT2D eigenvalue weighted by molar-refractivity contribution is -0.111. The average Bonchev–Trinajstić information content (AvgIpc) is 2.30. The summed E-state index contributed by atoms with van der Waals surface area (Å²) in [5.41, 5.74) is 1.76. The van der Waals surface area contributed by atoms with E-state index in [1.807, 2.05) is 38.1 Å². The Hall–Kier alpha value is -1.55. The van der Waals surface area contributed by atoms with Crippen LogP contribution in [0.3, 0.4) is 0 Å². The number of carbonyl (C=O) groups is 1. The summed E-state index contributed by atoms with van der Waals surface area (Å²) in [6.07, 6.45) is 0.907. The maximum Gasteiger partial charge on any atom is 0.141 e. The van der Waals surface area contributed by atoms with Crippen molar-refractivity contribution < 1.29 is 14.3 Å². The molecule has 0 aliphatic carbocycles. The summed E-state index contributed by atoms with van der Waals surface area (Å²) in [7, 11) is 6.93. The van der Waals surface area contributed by atoms with Gasteiger partial charge in [0.25, 0.3) is 0 Å². The van der Waals surface area contributed by atoms with Crippen LogP contribution in [-0.2, 0) is 4.79 Å². The van der Waals surface area contributed by atoms with Crippen molar-refractivity contribution >= 4 is 6.29 Å². The van der Waals surface area contributed by atoms with Crippen molar-refractivity contribution in [1.82, 2.24) is 4.90 Å². The summed E-state index contributed by atoms with van der Waals surface area (Å²) < 4.78 is 10.6. The van der Waals surface area contributed by atoms with Gasteiger partial charge in [0.2, 0.25) is 0 Å². The molecule has 4 nitrogen and oxygen atoms in total. The summed E-state index contributed by atoms with van der Waals surface area (Å²) in [6, 6.07) is 3.41. The molecule has 1 rings (SSSR count). The Balaban J connectivity index is 3.33. The third-order valence-electron chi connectivity index (χ3n) is 2.81. The standard InChI is InChI=1S/C13H19NO3/c1-9-12(16-4)7-6-10(13(9)17-5)11(8-15)14(2)3/h6-8,11H,1-5H3. The van der Waals surface area contributed by atoms with E-state index in [1.54, 1.807) is 14.2 Å². The third-order valence-corrected chi connectivity index (χ3v) is 2.81. The second-order valence-corrected chi connectivity index (χ2v) is 4.06. The Morgan fingerprint density at radius 3 is 2.29 bits per heavy atom. The normalized spacial score (nSPS) is 12.4. The third kappa shape index (κ3) is 2.58. The number of carbonyl (C=O) groups excluding carboxylic acids is 1. The molecule has 94 valence electrons. The molecular weight excluding hydrogens is 218 g/mol. The fraction of sp³-hybridized carbons (Fsp3) is 0.462. The summed E-state index contributed by atoms with van der Waals surface area (Å²) in [5.74, 6) is 1.46. The van der Waals surface area contributed by atoms with Crippen LogP contribution in [0.5, 0.6) is 11.5 Å². The van der Waals surface area contributed by atoms with Gasteiger partial charge in [0.1, 0.15) is 17.8 Å². The molecule has 1 atom stereocenters. The van der Waals surface area contributed by atoms with Crippen molar-refractivity contribution in [3.8, 4) is 11.5 Å². The Morgan fingerprint density at radius 1 is 1.24 bits per heavy atom. The Labute approximate surface area is 102 Å². The quantitative estimate of drug-likeness (QED) is 0.732. The van der Waals surface area contributed by atoms with Gasteiger partial charge in [-0.2, -0.15) is 0 Å². The van der Waals surface area contributed by atoms with Crippen molar-refractivity contribution in [2.45, 2.75) is 13.0 Å². The van der Waals surface area contributed by atoms with Crippen LogP contribution in [0, 0.1) is 6.92 Å². The first kappa shape index (κ1) is 13.5. The van der Waals surface area contributed by atoms with E-state index in [2.05, 4.69) is 0 Å². The van der Waals surface area contributed by atoms with Crippen LogP contribution in [0.15, 0.2) is 12.1 Å². The number of likely N-dealkylation sites (N-methyl/N-ethyl adjacent to an activating group) is 1. The molecule has 1 aromatic carbocycles. The fourth-order valence-corrected chi connectivity index (χ4v) is 1.89. The van der Waals surface area contributed by atoms with Crippen LogP contribution in [0.25, 0.3) is 0 Å². The smallest absolute Gasteiger partial charge is 0.141 e. The van der Waals surface area contributed by atoms with Gasteiger partial charge in [0.15, 0.2) is 0 Å². The monoisotopic (exact) mass is 237 g/mol. The van der Waals surface area contributed by atoms with Crippen molar-refractivity contribution in [2.75, 3.05) is 28.3 Å². The van der Waals surface area contributed by atoms with Crippen LogP contribution < -0.4 is 9.47 Å². The van der Waals surface area contributed by atoms with Crippen molar-refractivity contribution in [2.24, 2.45) is 0 Å². The molecule has 0 aromatic heterocycles. The number of aldehydes is 1. The highest BCUT2D eigenvalue weighted by molar-refractivity contribution is 5.65. The zero-order valence-electron chi connectivity index (χ0n) is 11.0. The second kappa shape index (κ2) is 5.68. The number of hydrogen-bond acceptors (Lipinski definition) is 4. The summed E-state index contributed by atoms with van der Waals surface area (Å²) in [4.78, 5) is 13.0.